The lowest BCUT2D eigenvalue weighted by atomic mass is 10.0. The molecule has 144 valence electrons. The van der Waals surface area contributed by atoms with Gasteiger partial charge in [-0.2, -0.15) is 5.26 Å². The number of esters is 1. The number of carbonyl (C=O) groups excluding carboxylic acids is 2. The quantitative estimate of drug-likeness (QED) is 0.403. The molecular formula is C23H24N2O3. The lowest BCUT2D eigenvalue weighted by Crippen LogP contribution is -2.24. The van der Waals surface area contributed by atoms with Crippen molar-refractivity contribution in [3.63, 3.8) is 0 Å². The Balaban J connectivity index is 1.72. The van der Waals surface area contributed by atoms with Gasteiger partial charge in [0.15, 0.2) is 0 Å². The van der Waals surface area contributed by atoms with Gasteiger partial charge >= 0.3 is 5.97 Å². The first kappa shape index (κ1) is 20.9. The van der Waals surface area contributed by atoms with Gasteiger partial charge in [-0.1, -0.05) is 30.8 Å². The molecule has 5 heteroatoms. The third-order valence-electron chi connectivity index (χ3n) is 4.18. The average Bonchev–Trinajstić information content (AvgIpc) is 2.72. The van der Waals surface area contributed by atoms with Gasteiger partial charge in [0.25, 0.3) is 5.91 Å². The summed E-state index contributed by atoms with van der Waals surface area (Å²) in [4.78, 5) is 23.4. The maximum absolute atomic E-state index is 12.2. The molecule has 0 aromatic heterocycles. The number of ether oxygens (including phenoxy) is 1. The highest BCUT2D eigenvalue weighted by Gasteiger charge is 2.06. The van der Waals surface area contributed by atoms with Crippen molar-refractivity contribution in [2.45, 2.75) is 26.2 Å². The molecule has 2 aromatic rings. The molecule has 0 radical (unpaired) electrons. The van der Waals surface area contributed by atoms with E-state index in [4.69, 9.17) is 10.00 Å². The Morgan fingerprint density at radius 2 is 1.61 bits per heavy atom. The standard InChI is InChI=1S/C23H24N2O3/c1-17(2)23(27)28-15-5-3-4-14-25-22(26)21-12-10-20(11-13-21)19-8-6-18(16-24)7-9-19/h6-13H,1,3-5,14-15H2,2H3,(H,25,26). The highest BCUT2D eigenvalue weighted by Crippen LogP contribution is 2.20. The van der Waals surface area contributed by atoms with E-state index >= 15 is 0 Å². The van der Waals surface area contributed by atoms with E-state index in [1.54, 1.807) is 31.2 Å². The minimum atomic E-state index is -0.363. The van der Waals surface area contributed by atoms with Gasteiger partial charge in [0, 0.05) is 17.7 Å². The number of hydrogen-bond donors (Lipinski definition) is 1. The van der Waals surface area contributed by atoms with Gasteiger partial charge in [-0.3, -0.25) is 4.79 Å². The number of nitrogens with one attached hydrogen (secondary N) is 1. The van der Waals surface area contributed by atoms with Crippen LogP contribution in [0.2, 0.25) is 0 Å². The highest BCUT2D eigenvalue weighted by molar-refractivity contribution is 5.94. The zero-order valence-electron chi connectivity index (χ0n) is 16.0. The minimum Gasteiger partial charge on any atom is -0.462 e. The molecule has 0 spiro atoms. The van der Waals surface area contributed by atoms with Gasteiger partial charge in [-0.15, -0.1) is 0 Å². The molecule has 2 aromatic carbocycles. The molecule has 0 aliphatic heterocycles. The largest absolute Gasteiger partial charge is 0.462 e. The van der Waals surface area contributed by atoms with E-state index in [1.165, 1.54) is 0 Å². The molecule has 0 atom stereocenters. The third kappa shape index (κ3) is 6.40. The van der Waals surface area contributed by atoms with Crippen LogP contribution in [-0.4, -0.2) is 25.0 Å². The first-order chi connectivity index (χ1) is 13.5. The summed E-state index contributed by atoms with van der Waals surface area (Å²) in [5.74, 6) is -0.474. The van der Waals surface area contributed by atoms with Crippen LogP contribution in [0.25, 0.3) is 11.1 Å². The molecule has 5 nitrogen and oxygen atoms in total. The number of carbonyl (C=O) groups is 2. The molecule has 0 saturated heterocycles. The van der Waals surface area contributed by atoms with Crippen LogP contribution in [0.15, 0.2) is 60.7 Å². The van der Waals surface area contributed by atoms with Crippen LogP contribution in [0.3, 0.4) is 0 Å². The summed E-state index contributed by atoms with van der Waals surface area (Å²) in [7, 11) is 0. The minimum absolute atomic E-state index is 0.111. The maximum Gasteiger partial charge on any atom is 0.333 e. The summed E-state index contributed by atoms with van der Waals surface area (Å²) >= 11 is 0. The first-order valence-corrected chi connectivity index (χ1v) is 9.22. The molecule has 0 unspecified atom stereocenters. The SMILES string of the molecule is C=C(C)C(=O)OCCCCCNC(=O)c1ccc(-c2ccc(C#N)cc2)cc1. The van der Waals surface area contributed by atoms with Crippen LogP contribution in [-0.2, 0) is 9.53 Å². The summed E-state index contributed by atoms with van der Waals surface area (Å²) in [5.41, 5.74) is 3.61. The second kappa shape index (κ2) is 10.7. The van der Waals surface area contributed by atoms with Gasteiger partial charge in [0.2, 0.25) is 0 Å². The Morgan fingerprint density at radius 1 is 1.00 bits per heavy atom. The van der Waals surface area contributed by atoms with Crippen LogP contribution in [0, 0.1) is 11.3 Å². The topological polar surface area (TPSA) is 79.2 Å². The van der Waals surface area contributed by atoms with Gasteiger partial charge in [-0.25, -0.2) is 4.79 Å². The van der Waals surface area contributed by atoms with Crippen molar-refractivity contribution in [1.29, 1.82) is 5.26 Å². The maximum atomic E-state index is 12.2. The van der Waals surface area contributed by atoms with Crippen LogP contribution < -0.4 is 5.32 Å². The predicted octanol–water partition coefficient (Wildman–Crippen LogP) is 4.24. The van der Waals surface area contributed by atoms with Crippen molar-refractivity contribution in [2.24, 2.45) is 0 Å². The number of unbranched alkanes of at least 4 members (excludes halogenated alkanes) is 2. The lowest BCUT2D eigenvalue weighted by Gasteiger charge is -2.07. The zero-order valence-corrected chi connectivity index (χ0v) is 16.0. The van der Waals surface area contributed by atoms with E-state index in [0.29, 0.717) is 29.9 Å². The number of hydrogen-bond acceptors (Lipinski definition) is 4. The molecule has 0 saturated carbocycles. The van der Waals surface area contributed by atoms with Crippen molar-refractivity contribution in [2.75, 3.05) is 13.2 Å². The van der Waals surface area contributed by atoms with E-state index in [-0.39, 0.29) is 11.9 Å². The fraction of sp³-hybridized carbons (Fsp3) is 0.261. The fourth-order valence-electron chi connectivity index (χ4n) is 2.55. The number of rotatable bonds is 9. The Labute approximate surface area is 165 Å². The summed E-state index contributed by atoms with van der Waals surface area (Å²) in [6.45, 7) is 6.09. The summed E-state index contributed by atoms with van der Waals surface area (Å²) in [6.07, 6.45) is 2.44. The second-order valence-electron chi connectivity index (χ2n) is 6.50. The number of amides is 1. The second-order valence-corrected chi connectivity index (χ2v) is 6.50. The molecular weight excluding hydrogens is 352 g/mol. The van der Waals surface area contributed by atoms with Gasteiger partial charge in [0.05, 0.1) is 18.2 Å². The molecule has 1 N–H and O–H groups in total. The summed E-state index contributed by atoms with van der Waals surface area (Å²) in [6, 6.07) is 16.8. The summed E-state index contributed by atoms with van der Waals surface area (Å²) < 4.78 is 5.02. The van der Waals surface area contributed by atoms with Crippen molar-refractivity contribution in [3.05, 3.63) is 71.8 Å². The van der Waals surface area contributed by atoms with E-state index in [1.807, 2.05) is 24.3 Å². The summed E-state index contributed by atoms with van der Waals surface area (Å²) in [5, 5.41) is 11.7. The van der Waals surface area contributed by atoms with Crippen molar-refractivity contribution < 1.29 is 14.3 Å². The normalized spacial score (nSPS) is 10.0. The molecule has 2 rings (SSSR count). The Hall–Kier alpha value is -3.39. The molecule has 28 heavy (non-hydrogen) atoms. The van der Waals surface area contributed by atoms with E-state index in [0.717, 1.165) is 30.4 Å². The van der Waals surface area contributed by atoms with Crippen LogP contribution >= 0.6 is 0 Å². The smallest absolute Gasteiger partial charge is 0.333 e. The van der Waals surface area contributed by atoms with Crippen LogP contribution in [0.1, 0.15) is 42.1 Å². The van der Waals surface area contributed by atoms with Crippen LogP contribution in [0.4, 0.5) is 0 Å². The van der Waals surface area contributed by atoms with Gasteiger partial charge in [-0.05, 0) is 61.6 Å². The Kier molecular flexibility index (Phi) is 7.98. The lowest BCUT2D eigenvalue weighted by molar-refractivity contribution is -0.139. The van der Waals surface area contributed by atoms with E-state index < -0.39 is 0 Å². The monoisotopic (exact) mass is 376 g/mol. The number of nitriles is 1. The predicted molar refractivity (Wildman–Crippen MR) is 109 cm³/mol. The molecule has 0 heterocycles. The van der Waals surface area contributed by atoms with E-state index in [9.17, 15) is 9.59 Å². The molecule has 0 aliphatic carbocycles. The van der Waals surface area contributed by atoms with Gasteiger partial charge in [0.1, 0.15) is 0 Å². The molecule has 1 amide bonds. The van der Waals surface area contributed by atoms with Gasteiger partial charge < -0.3 is 10.1 Å². The zero-order chi connectivity index (χ0) is 20.4. The van der Waals surface area contributed by atoms with Crippen molar-refractivity contribution in [3.8, 4) is 17.2 Å². The molecule has 0 aliphatic rings. The third-order valence-corrected chi connectivity index (χ3v) is 4.18. The highest BCUT2D eigenvalue weighted by atomic mass is 16.5. The molecule has 0 fully saturated rings. The first-order valence-electron chi connectivity index (χ1n) is 9.22. The molecule has 0 bridgehead atoms. The Bertz CT molecular complexity index is 862. The average molecular weight is 376 g/mol. The van der Waals surface area contributed by atoms with Crippen molar-refractivity contribution in [1.82, 2.24) is 5.32 Å². The van der Waals surface area contributed by atoms with Crippen LogP contribution in [0.5, 0.6) is 0 Å². The number of benzene rings is 2. The Morgan fingerprint density at radius 3 is 2.18 bits per heavy atom. The fourth-order valence-corrected chi connectivity index (χ4v) is 2.55. The van der Waals surface area contributed by atoms with Crippen molar-refractivity contribution >= 4 is 11.9 Å². The van der Waals surface area contributed by atoms with E-state index in [2.05, 4.69) is 18.0 Å². The number of nitrogens with zero attached hydrogens (tertiary/aromatic N) is 1.